The van der Waals surface area contributed by atoms with Crippen LogP contribution in [0.3, 0.4) is 0 Å². The van der Waals surface area contributed by atoms with Gasteiger partial charge in [-0.05, 0) is 11.6 Å². The Balaban J connectivity index is 1.30. The Kier molecular flexibility index (Phi) is 6.69. The second-order valence-electron chi connectivity index (χ2n) is 7.52. The Morgan fingerprint density at radius 3 is 2.62 bits per heavy atom. The van der Waals surface area contributed by atoms with Crippen LogP contribution in [0.15, 0.2) is 72.0 Å². The van der Waals surface area contributed by atoms with Gasteiger partial charge in [0.2, 0.25) is 5.91 Å². The highest BCUT2D eigenvalue weighted by Gasteiger charge is 2.27. The number of aliphatic imine (C=N–C) groups is 1. The summed E-state index contributed by atoms with van der Waals surface area (Å²) < 4.78 is 7.75. The fraction of sp³-hybridized carbons (Fsp3) is 0.292. The molecule has 2 heterocycles. The summed E-state index contributed by atoms with van der Waals surface area (Å²) in [5.74, 6) is 1.57. The first kappa shape index (κ1) is 21.4. The Hall–Kier alpha value is -3.81. The number of amides is 1. The van der Waals surface area contributed by atoms with Crippen molar-refractivity contribution in [3.63, 3.8) is 0 Å². The summed E-state index contributed by atoms with van der Waals surface area (Å²) >= 11 is 0. The third kappa shape index (κ3) is 4.91. The molecule has 1 aromatic heterocycles. The number of aryl methyl sites for hydroxylation is 1. The molecule has 8 nitrogen and oxygen atoms in total. The van der Waals surface area contributed by atoms with Crippen LogP contribution in [0.4, 0.5) is 5.69 Å². The van der Waals surface area contributed by atoms with Gasteiger partial charge in [0.05, 0.1) is 18.4 Å². The number of guanidine groups is 1. The number of piperazine rings is 1. The van der Waals surface area contributed by atoms with Crippen LogP contribution in [0.5, 0.6) is 5.75 Å². The van der Waals surface area contributed by atoms with Gasteiger partial charge in [-0.25, -0.2) is 0 Å². The monoisotopic (exact) mass is 432 g/mol. The van der Waals surface area contributed by atoms with Gasteiger partial charge in [-0.3, -0.25) is 14.5 Å². The van der Waals surface area contributed by atoms with Crippen LogP contribution in [0.1, 0.15) is 0 Å². The van der Waals surface area contributed by atoms with Crippen molar-refractivity contribution in [2.24, 2.45) is 12.0 Å². The molecule has 32 heavy (non-hydrogen) atoms. The number of benzene rings is 2. The highest BCUT2D eigenvalue weighted by Crippen LogP contribution is 2.29. The van der Waals surface area contributed by atoms with Crippen LogP contribution >= 0.6 is 0 Å². The van der Waals surface area contributed by atoms with Crippen molar-refractivity contribution in [2.75, 3.05) is 44.7 Å². The van der Waals surface area contributed by atoms with E-state index in [0.29, 0.717) is 32.2 Å². The predicted molar refractivity (Wildman–Crippen MR) is 126 cm³/mol. The lowest BCUT2D eigenvalue weighted by molar-refractivity contribution is -0.120. The summed E-state index contributed by atoms with van der Waals surface area (Å²) in [6, 6.07) is 18.2. The second-order valence-corrected chi connectivity index (χ2v) is 7.52. The molecule has 0 aliphatic carbocycles. The quantitative estimate of drug-likeness (QED) is 0.368. The Labute approximate surface area is 188 Å². The molecule has 1 fully saturated rings. The number of rotatable bonds is 6. The highest BCUT2D eigenvalue weighted by atomic mass is 16.5. The zero-order chi connectivity index (χ0) is 22.3. The van der Waals surface area contributed by atoms with Crippen LogP contribution in [0.25, 0.3) is 11.1 Å². The number of carbonyl (C=O) groups is 1. The minimum atomic E-state index is 0.0280. The summed E-state index contributed by atoms with van der Waals surface area (Å²) in [6.07, 6.45) is 3.57. The van der Waals surface area contributed by atoms with Crippen LogP contribution in [0, 0.1) is 0 Å². The number of ether oxygens (including phenoxy) is 1. The molecule has 2 aromatic carbocycles. The minimum absolute atomic E-state index is 0.0280. The van der Waals surface area contributed by atoms with E-state index in [2.05, 4.69) is 33.6 Å². The fourth-order valence-electron chi connectivity index (χ4n) is 3.78. The summed E-state index contributed by atoms with van der Waals surface area (Å²) in [5.41, 5.74) is 3.01. The van der Waals surface area contributed by atoms with Crippen LogP contribution in [-0.4, -0.2) is 66.4 Å². The van der Waals surface area contributed by atoms with Gasteiger partial charge in [0.25, 0.3) is 0 Å². The van der Waals surface area contributed by atoms with Crippen molar-refractivity contribution in [3.8, 4) is 16.9 Å². The van der Waals surface area contributed by atoms with Crippen molar-refractivity contribution >= 4 is 17.6 Å². The van der Waals surface area contributed by atoms with Crippen molar-refractivity contribution in [1.82, 2.24) is 20.0 Å². The second kappa shape index (κ2) is 10.00. The van der Waals surface area contributed by atoms with Gasteiger partial charge in [0, 0.05) is 38.9 Å². The summed E-state index contributed by atoms with van der Waals surface area (Å²) in [6.45, 7) is 2.61. The van der Waals surface area contributed by atoms with Gasteiger partial charge in [-0.1, -0.05) is 48.5 Å². The van der Waals surface area contributed by atoms with E-state index in [-0.39, 0.29) is 12.5 Å². The largest absolute Gasteiger partial charge is 0.491 e. The molecule has 1 aliphatic rings. The number of carbonyl (C=O) groups excluding carboxylic acids is 1. The summed E-state index contributed by atoms with van der Waals surface area (Å²) in [7, 11) is 3.57. The average Bonchev–Trinajstić information content (AvgIpc) is 3.26. The third-order valence-electron chi connectivity index (χ3n) is 5.35. The molecule has 1 aliphatic heterocycles. The average molecular weight is 433 g/mol. The lowest BCUT2D eigenvalue weighted by atomic mass is 10.1. The van der Waals surface area contributed by atoms with Crippen molar-refractivity contribution in [1.29, 1.82) is 0 Å². The first-order valence-electron chi connectivity index (χ1n) is 10.7. The molecule has 4 rings (SSSR count). The van der Waals surface area contributed by atoms with Crippen LogP contribution in [-0.2, 0) is 11.8 Å². The smallest absolute Gasteiger partial charge is 0.246 e. The number of hydrogen-bond donors (Lipinski definition) is 1. The molecule has 1 amide bonds. The molecule has 0 spiro atoms. The molecule has 0 atom stereocenters. The van der Waals surface area contributed by atoms with Gasteiger partial charge >= 0.3 is 0 Å². The minimum Gasteiger partial charge on any atom is -0.491 e. The predicted octanol–water partition coefficient (Wildman–Crippen LogP) is 2.39. The number of nitrogens with zero attached hydrogens (tertiary/aromatic N) is 5. The molecule has 1 saturated heterocycles. The maximum Gasteiger partial charge on any atom is 0.246 e. The summed E-state index contributed by atoms with van der Waals surface area (Å²) in [5, 5.41) is 7.47. The Morgan fingerprint density at radius 1 is 1.12 bits per heavy atom. The van der Waals surface area contributed by atoms with E-state index < -0.39 is 0 Å². The normalized spacial score (nSPS) is 14.6. The zero-order valence-electron chi connectivity index (χ0n) is 18.4. The molecule has 0 radical (unpaired) electrons. The van der Waals surface area contributed by atoms with Crippen molar-refractivity contribution in [3.05, 3.63) is 67.0 Å². The maximum absolute atomic E-state index is 12.7. The molecule has 0 saturated carbocycles. The Bertz CT molecular complexity index is 1080. The SMILES string of the molecule is CN=C(NCCOc1ccccc1-c1ccccc1)N1CCN(c2cnn(C)c2)C(=O)C1. The number of anilines is 1. The standard InChI is InChI=1S/C24H28N6O2/c1-25-24(29-13-14-30(23(31)18-29)20-16-27-28(2)17-20)26-12-15-32-22-11-7-6-10-21(22)19-8-4-3-5-9-19/h3-11,16-17H,12-15,18H2,1-2H3,(H,25,26). The van der Waals surface area contributed by atoms with Crippen LogP contribution in [0.2, 0.25) is 0 Å². The first-order valence-corrected chi connectivity index (χ1v) is 10.7. The van der Waals surface area contributed by atoms with Gasteiger partial charge in [-0.15, -0.1) is 0 Å². The van der Waals surface area contributed by atoms with E-state index in [9.17, 15) is 4.79 Å². The van der Waals surface area contributed by atoms with E-state index in [1.54, 1.807) is 22.8 Å². The van der Waals surface area contributed by atoms with Crippen molar-refractivity contribution < 1.29 is 9.53 Å². The van der Waals surface area contributed by atoms with E-state index in [4.69, 9.17) is 4.74 Å². The summed E-state index contributed by atoms with van der Waals surface area (Å²) in [4.78, 5) is 20.7. The third-order valence-corrected chi connectivity index (χ3v) is 5.35. The van der Waals surface area contributed by atoms with Gasteiger partial charge in [-0.2, -0.15) is 5.10 Å². The molecule has 1 N–H and O–H groups in total. The number of aromatic nitrogens is 2. The van der Waals surface area contributed by atoms with Gasteiger partial charge in [0.15, 0.2) is 5.96 Å². The molecule has 8 heteroatoms. The highest BCUT2D eigenvalue weighted by molar-refractivity contribution is 5.98. The molecule has 0 bridgehead atoms. The van der Waals surface area contributed by atoms with Crippen molar-refractivity contribution in [2.45, 2.75) is 0 Å². The van der Waals surface area contributed by atoms with Gasteiger partial charge < -0.3 is 19.9 Å². The number of hydrogen-bond acceptors (Lipinski definition) is 4. The molecular formula is C24H28N6O2. The first-order chi connectivity index (χ1) is 15.7. The lowest BCUT2D eigenvalue weighted by Gasteiger charge is -2.35. The van der Waals surface area contributed by atoms with Crippen LogP contribution < -0.4 is 15.0 Å². The topological polar surface area (TPSA) is 75.0 Å². The lowest BCUT2D eigenvalue weighted by Crippen LogP contribution is -2.55. The molecule has 166 valence electrons. The number of para-hydroxylation sites is 1. The number of nitrogens with one attached hydrogen (secondary N) is 1. The molecule has 0 unspecified atom stereocenters. The van der Waals surface area contributed by atoms with E-state index in [1.807, 2.05) is 54.5 Å². The van der Waals surface area contributed by atoms with E-state index in [0.717, 1.165) is 22.6 Å². The molecular weight excluding hydrogens is 404 g/mol. The maximum atomic E-state index is 12.7. The fourth-order valence-corrected chi connectivity index (χ4v) is 3.78. The molecule has 3 aromatic rings. The van der Waals surface area contributed by atoms with E-state index >= 15 is 0 Å². The van der Waals surface area contributed by atoms with Gasteiger partial charge in [0.1, 0.15) is 18.9 Å². The Morgan fingerprint density at radius 2 is 1.91 bits per heavy atom. The van der Waals surface area contributed by atoms with E-state index in [1.165, 1.54) is 0 Å². The zero-order valence-corrected chi connectivity index (χ0v) is 18.4.